The van der Waals surface area contributed by atoms with Crippen LogP contribution in [0.2, 0.25) is 0 Å². The van der Waals surface area contributed by atoms with E-state index in [-0.39, 0.29) is 12.5 Å². The van der Waals surface area contributed by atoms with Crippen molar-refractivity contribution in [2.75, 3.05) is 12.8 Å². The molecule has 0 fully saturated rings. The molecule has 0 aliphatic carbocycles. The molecule has 2 amide bonds. The van der Waals surface area contributed by atoms with Crippen LogP contribution < -0.4 is 10.7 Å². The van der Waals surface area contributed by atoms with E-state index in [1.807, 2.05) is 36.6 Å². The number of hydrogen-bond acceptors (Lipinski definition) is 4. The maximum absolute atomic E-state index is 11.9. The second kappa shape index (κ2) is 9.24. The van der Waals surface area contributed by atoms with Crippen LogP contribution in [0.5, 0.6) is 0 Å². The highest BCUT2D eigenvalue weighted by Gasteiger charge is 2.07. The summed E-state index contributed by atoms with van der Waals surface area (Å²) in [6.07, 6.45) is 3.56. The molecule has 2 rings (SSSR count). The molecule has 2 aromatic carbocycles. The first kappa shape index (κ1) is 18.2. The second-order valence-corrected chi connectivity index (χ2v) is 6.55. The number of amides is 2. The van der Waals surface area contributed by atoms with Gasteiger partial charge < -0.3 is 5.32 Å². The van der Waals surface area contributed by atoms with Gasteiger partial charge in [-0.25, -0.2) is 5.43 Å². The summed E-state index contributed by atoms with van der Waals surface area (Å²) < 4.78 is 0.802. The Hall–Kier alpha value is -2.12. The number of nitrogens with zero attached hydrogens (tertiary/aromatic N) is 1. The van der Waals surface area contributed by atoms with Gasteiger partial charge in [-0.2, -0.15) is 5.10 Å². The monoisotopic (exact) mass is 405 g/mol. The molecule has 0 atom stereocenters. The maximum atomic E-state index is 11.9. The third-order valence-electron chi connectivity index (χ3n) is 3.01. The summed E-state index contributed by atoms with van der Waals surface area (Å²) in [6, 6.07) is 14.7. The molecule has 0 heterocycles. The SMILES string of the molecule is CSc1ccc(/C=N/NC(=O)CNC(=O)c2cccc(Br)c2)cc1. The topological polar surface area (TPSA) is 70.6 Å². The number of hydrogen-bond donors (Lipinski definition) is 2. The van der Waals surface area contributed by atoms with Gasteiger partial charge in [-0.3, -0.25) is 9.59 Å². The lowest BCUT2D eigenvalue weighted by atomic mass is 10.2. The molecule has 0 radical (unpaired) electrons. The van der Waals surface area contributed by atoms with E-state index in [4.69, 9.17) is 0 Å². The van der Waals surface area contributed by atoms with E-state index in [0.29, 0.717) is 5.56 Å². The quantitative estimate of drug-likeness (QED) is 0.440. The molecule has 2 aromatic rings. The van der Waals surface area contributed by atoms with Crippen molar-refractivity contribution in [3.8, 4) is 0 Å². The minimum absolute atomic E-state index is 0.145. The molecule has 0 unspecified atom stereocenters. The van der Waals surface area contributed by atoms with Crippen molar-refractivity contribution < 1.29 is 9.59 Å². The van der Waals surface area contributed by atoms with Crippen molar-refractivity contribution in [2.45, 2.75) is 4.90 Å². The van der Waals surface area contributed by atoms with Crippen LogP contribution in [-0.4, -0.2) is 30.8 Å². The molecule has 0 spiro atoms. The Morgan fingerprint density at radius 1 is 1.21 bits per heavy atom. The normalized spacial score (nSPS) is 10.6. The molecule has 0 saturated heterocycles. The van der Waals surface area contributed by atoms with Crippen molar-refractivity contribution in [1.82, 2.24) is 10.7 Å². The number of hydrazone groups is 1. The zero-order chi connectivity index (χ0) is 17.4. The molecular weight excluding hydrogens is 390 g/mol. The molecule has 2 N–H and O–H groups in total. The van der Waals surface area contributed by atoms with E-state index in [1.54, 1.807) is 36.2 Å². The lowest BCUT2D eigenvalue weighted by Crippen LogP contribution is -2.34. The van der Waals surface area contributed by atoms with Crippen LogP contribution in [0.15, 0.2) is 63.0 Å². The number of carbonyl (C=O) groups is 2. The van der Waals surface area contributed by atoms with Crippen molar-refractivity contribution in [1.29, 1.82) is 0 Å². The molecule has 124 valence electrons. The summed E-state index contributed by atoms with van der Waals surface area (Å²) in [5.74, 6) is -0.710. The predicted octanol–water partition coefficient (Wildman–Crippen LogP) is 3.05. The zero-order valence-corrected chi connectivity index (χ0v) is 15.4. The Bertz CT molecular complexity index is 748. The molecule has 0 saturated carbocycles. The molecule has 24 heavy (non-hydrogen) atoms. The molecule has 0 aliphatic heterocycles. The van der Waals surface area contributed by atoms with Crippen LogP contribution in [0, 0.1) is 0 Å². The molecular formula is C17H16BrN3O2S. The van der Waals surface area contributed by atoms with Gasteiger partial charge in [0.25, 0.3) is 11.8 Å². The van der Waals surface area contributed by atoms with Gasteiger partial charge >= 0.3 is 0 Å². The summed E-state index contributed by atoms with van der Waals surface area (Å²) >= 11 is 4.95. The summed E-state index contributed by atoms with van der Waals surface area (Å²) in [6.45, 7) is -0.145. The Kier molecular flexibility index (Phi) is 7.02. The van der Waals surface area contributed by atoms with Crippen LogP contribution >= 0.6 is 27.7 Å². The lowest BCUT2D eigenvalue weighted by molar-refractivity contribution is -0.120. The first-order valence-corrected chi connectivity index (χ1v) is 9.10. The van der Waals surface area contributed by atoms with Gasteiger partial charge in [0.15, 0.2) is 0 Å². The molecule has 0 aliphatic rings. The maximum Gasteiger partial charge on any atom is 0.259 e. The number of thioether (sulfide) groups is 1. The summed E-state index contributed by atoms with van der Waals surface area (Å²) in [7, 11) is 0. The highest BCUT2D eigenvalue weighted by atomic mass is 79.9. The molecule has 0 bridgehead atoms. The van der Waals surface area contributed by atoms with Gasteiger partial charge in [-0.05, 0) is 42.2 Å². The van der Waals surface area contributed by atoms with Crippen molar-refractivity contribution >= 4 is 45.7 Å². The van der Waals surface area contributed by atoms with Crippen molar-refractivity contribution in [2.24, 2.45) is 5.10 Å². The Labute approximate surface area is 153 Å². The van der Waals surface area contributed by atoms with Crippen molar-refractivity contribution in [3.63, 3.8) is 0 Å². The van der Waals surface area contributed by atoms with E-state index in [9.17, 15) is 9.59 Å². The number of halogens is 1. The van der Waals surface area contributed by atoms with Crippen molar-refractivity contribution in [3.05, 3.63) is 64.1 Å². The second-order valence-electron chi connectivity index (χ2n) is 4.76. The smallest absolute Gasteiger partial charge is 0.259 e. The van der Waals surface area contributed by atoms with Crippen LogP contribution in [0.1, 0.15) is 15.9 Å². The fourth-order valence-corrected chi connectivity index (χ4v) is 2.61. The van der Waals surface area contributed by atoms with Gasteiger partial charge in [-0.15, -0.1) is 11.8 Å². The predicted molar refractivity (Wildman–Crippen MR) is 100 cm³/mol. The highest BCUT2D eigenvalue weighted by molar-refractivity contribution is 9.10. The number of rotatable bonds is 6. The lowest BCUT2D eigenvalue weighted by Gasteiger charge is -2.04. The molecule has 7 heteroatoms. The van der Waals surface area contributed by atoms with E-state index in [0.717, 1.165) is 14.9 Å². The fraction of sp³-hybridized carbons (Fsp3) is 0.118. The standard InChI is InChI=1S/C17H16BrN3O2S/c1-24-15-7-5-12(6-8-15)10-20-21-16(22)11-19-17(23)13-3-2-4-14(18)9-13/h2-10H,11H2,1H3,(H,19,23)(H,21,22)/b20-10+. The van der Waals surface area contributed by atoms with Gasteiger partial charge in [-0.1, -0.05) is 34.1 Å². The van der Waals surface area contributed by atoms with E-state index < -0.39 is 5.91 Å². The van der Waals surface area contributed by atoms with E-state index >= 15 is 0 Å². The zero-order valence-electron chi connectivity index (χ0n) is 13.0. The summed E-state index contributed by atoms with van der Waals surface area (Å²) in [5.41, 5.74) is 3.74. The minimum atomic E-state index is -0.393. The van der Waals surface area contributed by atoms with Crippen LogP contribution in [-0.2, 0) is 4.79 Å². The fourth-order valence-electron chi connectivity index (χ4n) is 1.80. The Morgan fingerprint density at radius 3 is 2.62 bits per heavy atom. The van der Waals surface area contributed by atoms with Crippen LogP contribution in [0.25, 0.3) is 0 Å². The van der Waals surface area contributed by atoms with E-state index in [1.165, 1.54) is 0 Å². The average molecular weight is 406 g/mol. The van der Waals surface area contributed by atoms with Gasteiger partial charge in [0, 0.05) is 14.9 Å². The third kappa shape index (κ3) is 5.82. The van der Waals surface area contributed by atoms with Crippen LogP contribution in [0.4, 0.5) is 0 Å². The van der Waals surface area contributed by atoms with E-state index in [2.05, 4.69) is 31.8 Å². The summed E-state index contributed by atoms with van der Waals surface area (Å²) in [4.78, 5) is 24.7. The first-order chi connectivity index (χ1) is 11.6. The minimum Gasteiger partial charge on any atom is -0.343 e. The molecule has 0 aromatic heterocycles. The largest absolute Gasteiger partial charge is 0.343 e. The summed E-state index contributed by atoms with van der Waals surface area (Å²) in [5, 5.41) is 6.41. The van der Waals surface area contributed by atoms with Gasteiger partial charge in [0.05, 0.1) is 12.8 Å². The van der Waals surface area contributed by atoms with Gasteiger partial charge in [0.1, 0.15) is 0 Å². The highest BCUT2D eigenvalue weighted by Crippen LogP contribution is 2.14. The van der Waals surface area contributed by atoms with Gasteiger partial charge in [0.2, 0.25) is 0 Å². The molecule has 5 nitrogen and oxygen atoms in total. The number of nitrogens with one attached hydrogen (secondary N) is 2. The third-order valence-corrected chi connectivity index (χ3v) is 4.25. The number of carbonyl (C=O) groups excluding carboxylic acids is 2. The average Bonchev–Trinajstić information content (AvgIpc) is 2.60. The Balaban J connectivity index is 1.78. The number of benzene rings is 2. The van der Waals surface area contributed by atoms with Crippen LogP contribution in [0.3, 0.4) is 0 Å². The Morgan fingerprint density at radius 2 is 1.96 bits per heavy atom. The first-order valence-electron chi connectivity index (χ1n) is 7.08.